The van der Waals surface area contributed by atoms with Crippen LogP contribution >= 0.6 is 0 Å². The third-order valence-electron chi connectivity index (χ3n) is 2.73. The monoisotopic (exact) mass is 284 g/mol. The number of halogens is 3. The zero-order chi connectivity index (χ0) is 15.1. The van der Waals surface area contributed by atoms with Crippen LogP contribution < -0.4 is 10.6 Å². The fourth-order valence-electron chi connectivity index (χ4n) is 1.33. The molecule has 0 aromatic carbocycles. The summed E-state index contributed by atoms with van der Waals surface area (Å²) in [5, 5.41) is 4.78. The fourth-order valence-corrected chi connectivity index (χ4v) is 1.33. The first-order chi connectivity index (χ1) is 8.57. The highest BCUT2D eigenvalue weighted by Gasteiger charge is 2.29. The fraction of sp³-hybridized carbons (Fsp3) is 0.917. The molecule has 0 aliphatic carbocycles. The summed E-state index contributed by atoms with van der Waals surface area (Å²) in [7, 11) is 1.61. The van der Waals surface area contributed by atoms with Gasteiger partial charge in [0.2, 0.25) is 5.91 Å². The van der Waals surface area contributed by atoms with E-state index < -0.39 is 24.7 Å². The van der Waals surface area contributed by atoms with E-state index in [0.29, 0.717) is 13.2 Å². The Kier molecular flexibility index (Phi) is 7.36. The quantitative estimate of drug-likeness (QED) is 0.713. The van der Waals surface area contributed by atoms with Crippen molar-refractivity contribution in [2.75, 3.05) is 26.8 Å². The summed E-state index contributed by atoms with van der Waals surface area (Å²) in [6.45, 7) is 5.36. The van der Waals surface area contributed by atoms with Crippen molar-refractivity contribution in [2.45, 2.75) is 39.4 Å². The van der Waals surface area contributed by atoms with Gasteiger partial charge in [0.1, 0.15) is 6.54 Å². The summed E-state index contributed by atoms with van der Waals surface area (Å²) in [5.74, 6) is -0.653. The van der Waals surface area contributed by atoms with E-state index in [0.717, 1.165) is 6.42 Å². The van der Waals surface area contributed by atoms with Crippen molar-refractivity contribution in [2.24, 2.45) is 5.41 Å². The molecule has 0 aliphatic heterocycles. The van der Waals surface area contributed by atoms with Gasteiger partial charge in [-0.3, -0.25) is 4.79 Å². The number of carbonyl (C=O) groups is 1. The molecule has 0 spiro atoms. The topological polar surface area (TPSA) is 50.4 Å². The highest BCUT2D eigenvalue weighted by Crippen LogP contribution is 2.19. The summed E-state index contributed by atoms with van der Waals surface area (Å²) < 4.78 is 40.8. The molecule has 0 heterocycles. The number of hydrogen-bond donors (Lipinski definition) is 2. The Bertz CT molecular complexity index is 281. The van der Waals surface area contributed by atoms with Crippen LogP contribution in [0.2, 0.25) is 0 Å². The standard InChI is InChI=1S/C12H23F3N2O2/c1-9(10(18)17-8-12(13,14)15)16-7-11(2,3)5-6-19-4/h9,16H,5-8H2,1-4H3,(H,17,18). The molecule has 0 rings (SSSR count). The molecule has 0 fully saturated rings. The molecule has 1 amide bonds. The van der Waals surface area contributed by atoms with Crippen molar-refractivity contribution in [3.63, 3.8) is 0 Å². The normalized spacial score (nSPS) is 14.3. The van der Waals surface area contributed by atoms with Crippen LogP contribution in [0.15, 0.2) is 0 Å². The molecule has 19 heavy (non-hydrogen) atoms. The van der Waals surface area contributed by atoms with E-state index in [1.54, 1.807) is 7.11 Å². The van der Waals surface area contributed by atoms with Gasteiger partial charge >= 0.3 is 6.18 Å². The van der Waals surface area contributed by atoms with Gasteiger partial charge in [-0.2, -0.15) is 13.2 Å². The molecule has 4 nitrogen and oxygen atoms in total. The molecular formula is C12H23F3N2O2. The third-order valence-corrected chi connectivity index (χ3v) is 2.73. The first-order valence-corrected chi connectivity index (χ1v) is 6.14. The van der Waals surface area contributed by atoms with E-state index >= 15 is 0 Å². The smallest absolute Gasteiger partial charge is 0.385 e. The van der Waals surface area contributed by atoms with Crippen LogP contribution in [0.3, 0.4) is 0 Å². The second kappa shape index (κ2) is 7.69. The summed E-state index contributed by atoms with van der Waals surface area (Å²) >= 11 is 0. The number of amides is 1. The van der Waals surface area contributed by atoms with Crippen molar-refractivity contribution < 1.29 is 22.7 Å². The van der Waals surface area contributed by atoms with Crippen LogP contribution in [0, 0.1) is 5.41 Å². The Balaban J connectivity index is 4.02. The van der Waals surface area contributed by atoms with Gasteiger partial charge in [0.15, 0.2) is 0 Å². The van der Waals surface area contributed by atoms with Crippen molar-refractivity contribution in [3.05, 3.63) is 0 Å². The van der Waals surface area contributed by atoms with Gasteiger partial charge < -0.3 is 15.4 Å². The molecule has 0 saturated heterocycles. The Morgan fingerprint density at radius 3 is 2.32 bits per heavy atom. The van der Waals surface area contributed by atoms with E-state index in [1.807, 2.05) is 19.2 Å². The average molecular weight is 284 g/mol. The maximum Gasteiger partial charge on any atom is 0.405 e. The van der Waals surface area contributed by atoms with Gasteiger partial charge in [-0.25, -0.2) is 0 Å². The lowest BCUT2D eigenvalue weighted by Gasteiger charge is -2.26. The lowest BCUT2D eigenvalue weighted by atomic mass is 9.89. The third kappa shape index (κ3) is 9.72. The minimum Gasteiger partial charge on any atom is -0.385 e. The molecule has 2 N–H and O–H groups in total. The Labute approximate surface area is 112 Å². The zero-order valence-electron chi connectivity index (χ0n) is 11.9. The van der Waals surface area contributed by atoms with Gasteiger partial charge in [-0.1, -0.05) is 13.8 Å². The van der Waals surface area contributed by atoms with Crippen LogP contribution in [0.4, 0.5) is 13.2 Å². The van der Waals surface area contributed by atoms with E-state index in [1.165, 1.54) is 6.92 Å². The van der Waals surface area contributed by atoms with Crippen molar-refractivity contribution in [1.82, 2.24) is 10.6 Å². The van der Waals surface area contributed by atoms with Crippen molar-refractivity contribution in [3.8, 4) is 0 Å². The molecule has 0 bridgehead atoms. The van der Waals surface area contributed by atoms with E-state index in [4.69, 9.17) is 4.74 Å². The number of carbonyl (C=O) groups excluding carboxylic acids is 1. The maximum atomic E-state index is 11.9. The predicted octanol–water partition coefficient (Wildman–Crippen LogP) is 1.71. The van der Waals surface area contributed by atoms with Crippen LogP contribution in [0.25, 0.3) is 0 Å². The lowest BCUT2D eigenvalue weighted by molar-refractivity contribution is -0.139. The highest BCUT2D eigenvalue weighted by molar-refractivity contribution is 5.81. The molecule has 7 heteroatoms. The first-order valence-electron chi connectivity index (χ1n) is 6.14. The minimum atomic E-state index is -4.38. The Morgan fingerprint density at radius 1 is 1.26 bits per heavy atom. The highest BCUT2D eigenvalue weighted by atomic mass is 19.4. The molecule has 0 aliphatic rings. The van der Waals surface area contributed by atoms with Crippen LogP contribution in [-0.2, 0) is 9.53 Å². The molecule has 0 aromatic rings. The first kappa shape index (κ1) is 18.2. The van der Waals surface area contributed by atoms with Crippen molar-refractivity contribution in [1.29, 1.82) is 0 Å². The maximum absolute atomic E-state index is 11.9. The summed E-state index contributed by atoms with van der Waals surface area (Å²) in [6, 6.07) is -0.663. The summed E-state index contributed by atoms with van der Waals surface area (Å²) in [4.78, 5) is 11.4. The average Bonchev–Trinajstić information content (AvgIpc) is 2.29. The van der Waals surface area contributed by atoms with Crippen LogP contribution in [0.1, 0.15) is 27.2 Å². The number of rotatable bonds is 8. The minimum absolute atomic E-state index is 0.0887. The largest absolute Gasteiger partial charge is 0.405 e. The molecule has 0 aromatic heterocycles. The summed E-state index contributed by atoms with van der Waals surface area (Å²) in [5.41, 5.74) is -0.0887. The van der Waals surface area contributed by atoms with E-state index in [-0.39, 0.29) is 5.41 Å². The van der Waals surface area contributed by atoms with Crippen LogP contribution in [0.5, 0.6) is 0 Å². The van der Waals surface area contributed by atoms with E-state index in [9.17, 15) is 18.0 Å². The number of ether oxygens (including phenoxy) is 1. The molecule has 0 radical (unpaired) electrons. The van der Waals surface area contributed by atoms with Gasteiger partial charge in [0, 0.05) is 20.3 Å². The molecule has 0 saturated carbocycles. The number of hydrogen-bond acceptors (Lipinski definition) is 3. The van der Waals surface area contributed by atoms with Gasteiger partial charge in [0.25, 0.3) is 0 Å². The van der Waals surface area contributed by atoms with Gasteiger partial charge in [-0.05, 0) is 18.8 Å². The predicted molar refractivity (Wildman–Crippen MR) is 66.8 cm³/mol. The number of nitrogens with one attached hydrogen (secondary N) is 2. The van der Waals surface area contributed by atoms with E-state index in [2.05, 4.69) is 5.32 Å². The van der Waals surface area contributed by atoms with Gasteiger partial charge in [-0.15, -0.1) is 0 Å². The Hall–Kier alpha value is -0.820. The van der Waals surface area contributed by atoms with Gasteiger partial charge in [0.05, 0.1) is 6.04 Å². The number of alkyl halides is 3. The molecular weight excluding hydrogens is 261 g/mol. The SMILES string of the molecule is COCCC(C)(C)CNC(C)C(=O)NCC(F)(F)F. The van der Waals surface area contributed by atoms with Crippen LogP contribution in [-0.4, -0.2) is 44.9 Å². The molecule has 1 unspecified atom stereocenters. The lowest BCUT2D eigenvalue weighted by Crippen LogP contribution is -2.47. The molecule has 114 valence electrons. The number of methoxy groups -OCH3 is 1. The zero-order valence-corrected chi connectivity index (χ0v) is 11.9. The second-order valence-electron chi connectivity index (χ2n) is 5.34. The molecule has 1 atom stereocenters. The summed E-state index contributed by atoms with van der Waals surface area (Å²) in [6.07, 6.45) is -3.58. The second-order valence-corrected chi connectivity index (χ2v) is 5.34. The Morgan fingerprint density at radius 2 is 1.84 bits per heavy atom. The van der Waals surface area contributed by atoms with Crippen molar-refractivity contribution >= 4 is 5.91 Å².